The second kappa shape index (κ2) is 8.39. The lowest BCUT2D eigenvalue weighted by atomic mass is 10.2. The van der Waals surface area contributed by atoms with Crippen LogP contribution < -0.4 is 20.7 Å². The zero-order chi connectivity index (χ0) is 18.4. The maximum absolute atomic E-state index is 12.4. The Bertz CT molecular complexity index is 780. The average Bonchev–Trinajstić information content (AvgIpc) is 2.54. The highest BCUT2D eigenvalue weighted by Crippen LogP contribution is 2.28. The molecule has 2 aromatic carbocycles. The molecule has 0 aliphatic carbocycles. The van der Waals surface area contributed by atoms with Gasteiger partial charge in [0, 0.05) is 23.3 Å². The Morgan fingerprint density at radius 2 is 1.80 bits per heavy atom. The number of benzene rings is 2. The van der Waals surface area contributed by atoms with Gasteiger partial charge in [0.25, 0.3) is 0 Å². The first kappa shape index (κ1) is 18.6. The summed E-state index contributed by atoms with van der Waals surface area (Å²) in [4.78, 5) is 23.6. The first-order chi connectivity index (χ1) is 11.9. The number of ether oxygens (including phenoxy) is 1. The molecule has 2 rings (SSSR count). The van der Waals surface area contributed by atoms with Crippen molar-refractivity contribution in [2.24, 2.45) is 0 Å². The maximum Gasteiger partial charge on any atom is 0.246 e. The molecule has 0 spiro atoms. The number of amides is 2. The van der Waals surface area contributed by atoms with Crippen LogP contribution in [-0.4, -0.2) is 25.0 Å². The van der Waals surface area contributed by atoms with Gasteiger partial charge in [-0.2, -0.15) is 0 Å². The summed E-state index contributed by atoms with van der Waals surface area (Å²) in [5.41, 5.74) is 1.82. The van der Waals surface area contributed by atoms with Gasteiger partial charge in [-0.15, -0.1) is 0 Å². The molecule has 0 saturated heterocycles. The Balaban J connectivity index is 2.11. The molecular weight excluding hydrogens is 342 g/mol. The van der Waals surface area contributed by atoms with Crippen LogP contribution in [0.5, 0.6) is 5.75 Å². The van der Waals surface area contributed by atoms with Gasteiger partial charge in [0.15, 0.2) is 0 Å². The topological polar surface area (TPSA) is 79.5 Å². The lowest BCUT2D eigenvalue weighted by molar-refractivity contribution is -0.116. The van der Waals surface area contributed by atoms with Crippen molar-refractivity contribution in [3.8, 4) is 5.75 Å². The van der Waals surface area contributed by atoms with Gasteiger partial charge in [-0.05, 0) is 43.3 Å². The van der Waals surface area contributed by atoms with Crippen molar-refractivity contribution >= 4 is 40.5 Å². The third-order valence-electron chi connectivity index (χ3n) is 3.38. The van der Waals surface area contributed by atoms with Gasteiger partial charge < -0.3 is 20.7 Å². The monoisotopic (exact) mass is 361 g/mol. The van der Waals surface area contributed by atoms with E-state index in [4.69, 9.17) is 16.3 Å². The SMILES string of the molecule is COc1ccc(NC(C)=O)cc1N[C@H](C)C(=O)Nc1cccc(Cl)c1. The second-order valence-corrected chi connectivity index (χ2v) is 5.90. The fraction of sp³-hybridized carbons (Fsp3) is 0.222. The fourth-order valence-electron chi connectivity index (χ4n) is 2.22. The summed E-state index contributed by atoms with van der Waals surface area (Å²) in [6.07, 6.45) is 0. The number of hydrogen-bond acceptors (Lipinski definition) is 4. The van der Waals surface area contributed by atoms with Crippen molar-refractivity contribution in [2.75, 3.05) is 23.1 Å². The predicted octanol–water partition coefficient (Wildman–Crippen LogP) is 3.75. The van der Waals surface area contributed by atoms with Gasteiger partial charge in [0.2, 0.25) is 11.8 Å². The molecule has 0 aliphatic heterocycles. The Morgan fingerprint density at radius 1 is 1.08 bits per heavy atom. The molecule has 25 heavy (non-hydrogen) atoms. The molecule has 6 nitrogen and oxygen atoms in total. The molecule has 1 atom stereocenters. The number of rotatable bonds is 6. The van der Waals surface area contributed by atoms with E-state index in [9.17, 15) is 9.59 Å². The van der Waals surface area contributed by atoms with Gasteiger partial charge in [-0.3, -0.25) is 9.59 Å². The number of carbonyl (C=O) groups is 2. The van der Waals surface area contributed by atoms with Crippen molar-refractivity contribution in [2.45, 2.75) is 19.9 Å². The van der Waals surface area contributed by atoms with Gasteiger partial charge in [-0.25, -0.2) is 0 Å². The minimum Gasteiger partial charge on any atom is -0.495 e. The van der Waals surface area contributed by atoms with Gasteiger partial charge in [0.05, 0.1) is 12.8 Å². The van der Waals surface area contributed by atoms with Crippen LogP contribution in [0, 0.1) is 0 Å². The van der Waals surface area contributed by atoms with Crippen LogP contribution in [0.25, 0.3) is 0 Å². The van der Waals surface area contributed by atoms with Crippen LogP contribution in [0.3, 0.4) is 0 Å². The number of carbonyl (C=O) groups excluding carboxylic acids is 2. The Kier molecular flexibility index (Phi) is 6.25. The van der Waals surface area contributed by atoms with Gasteiger partial charge in [0.1, 0.15) is 11.8 Å². The third-order valence-corrected chi connectivity index (χ3v) is 3.61. The van der Waals surface area contributed by atoms with E-state index in [0.29, 0.717) is 27.8 Å². The van der Waals surface area contributed by atoms with E-state index in [2.05, 4.69) is 16.0 Å². The van der Waals surface area contributed by atoms with E-state index in [1.54, 1.807) is 49.4 Å². The summed E-state index contributed by atoms with van der Waals surface area (Å²) in [6.45, 7) is 3.16. The van der Waals surface area contributed by atoms with E-state index in [1.807, 2.05) is 0 Å². The zero-order valence-corrected chi connectivity index (χ0v) is 15.0. The number of halogens is 1. The highest BCUT2D eigenvalue weighted by Gasteiger charge is 2.15. The number of hydrogen-bond donors (Lipinski definition) is 3. The molecule has 7 heteroatoms. The van der Waals surface area contributed by atoms with E-state index in [0.717, 1.165) is 0 Å². The molecule has 0 fully saturated rings. The first-order valence-electron chi connectivity index (χ1n) is 7.67. The zero-order valence-electron chi connectivity index (χ0n) is 14.2. The van der Waals surface area contributed by atoms with E-state index >= 15 is 0 Å². The highest BCUT2D eigenvalue weighted by molar-refractivity contribution is 6.30. The molecule has 0 unspecified atom stereocenters. The standard InChI is InChI=1S/C18H20ClN3O3/c1-11(18(24)22-14-6-4-5-13(19)9-14)20-16-10-15(21-12(2)23)7-8-17(16)25-3/h4-11,20H,1-3H3,(H,21,23)(H,22,24)/t11-/m1/s1. The Labute approximate surface area is 151 Å². The quantitative estimate of drug-likeness (QED) is 0.732. The minimum atomic E-state index is -0.541. The molecule has 132 valence electrons. The summed E-state index contributed by atoms with van der Waals surface area (Å²) in [6, 6.07) is 11.5. The first-order valence-corrected chi connectivity index (χ1v) is 8.05. The van der Waals surface area contributed by atoms with E-state index < -0.39 is 6.04 Å². The third kappa shape index (κ3) is 5.39. The van der Waals surface area contributed by atoms with Crippen molar-refractivity contribution in [3.05, 3.63) is 47.5 Å². The molecular formula is C18H20ClN3O3. The van der Waals surface area contributed by atoms with Crippen molar-refractivity contribution in [3.63, 3.8) is 0 Å². The van der Waals surface area contributed by atoms with Crippen LogP contribution >= 0.6 is 11.6 Å². The van der Waals surface area contributed by atoms with Crippen LogP contribution in [0.1, 0.15) is 13.8 Å². The highest BCUT2D eigenvalue weighted by atomic mass is 35.5. The number of nitrogens with one attached hydrogen (secondary N) is 3. The van der Waals surface area contributed by atoms with Crippen molar-refractivity contribution < 1.29 is 14.3 Å². The summed E-state index contributed by atoms with van der Waals surface area (Å²) < 4.78 is 5.30. The average molecular weight is 362 g/mol. The molecule has 2 amide bonds. The fourth-order valence-corrected chi connectivity index (χ4v) is 2.41. The Hall–Kier alpha value is -2.73. The molecule has 3 N–H and O–H groups in total. The largest absolute Gasteiger partial charge is 0.495 e. The summed E-state index contributed by atoms with van der Waals surface area (Å²) in [7, 11) is 1.54. The molecule has 0 saturated carbocycles. The van der Waals surface area contributed by atoms with E-state index in [1.165, 1.54) is 14.0 Å². The summed E-state index contributed by atoms with van der Waals surface area (Å²) >= 11 is 5.92. The molecule has 0 aromatic heterocycles. The summed E-state index contributed by atoms with van der Waals surface area (Å²) in [5, 5.41) is 9.12. The molecule has 0 radical (unpaired) electrons. The van der Waals surface area contributed by atoms with Crippen LogP contribution in [-0.2, 0) is 9.59 Å². The van der Waals surface area contributed by atoms with Crippen molar-refractivity contribution in [1.82, 2.24) is 0 Å². The van der Waals surface area contributed by atoms with E-state index in [-0.39, 0.29) is 11.8 Å². The lowest BCUT2D eigenvalue weighted by Crippen LogP contribution is -2.32. The number of methoxy groups -OCH3 is 1. The van der Waals surface area contributed by atoms with Gasteiger partial charge in [-0.1, -0.05) is 17.7 Å². The molecule has 0 heterocycles. The van der Waals surface area contributed by atoms with Crippen LogP contribution in [0.4, 0.5) is 17.1 Å². The normalized spacial score (nSPS) is 11.4. The minimum absolute atomic E-state index is 0.178. The van der Waals surface area contributed by atoms with Crippen molar-refractivity contribution in [1.29, 1.82) is 0 Å². The van der Waals surface area contributed by atoms with Crippen LogP contribution in [0.15, 0.2) is 42.5 Å². The maximum atomic E-state index is 12.4. The summed E-state index contributed by atoms with van der Waals surface area (Å²) in [5.74, 6) is 0.161. The Morgan fingerprint density at radius 3 is 2.44 bits per heavy atom. The lowest BCUT2D eigenvalue weighted by Gasteiger charge is -2.18. The smallest absolute Gasteiger partial charge is 0.246 e. The number of anilines is 3. The van der Waals surface area contributed by atoms with Gasteiger partial charge >= 0.3 is 0 Å². The molecule has 2 aromatic rings. The predicted molar refractivity (Wildman–Crippen MR) is 100 cm³/mol. The van der Waals surface area contributed by atoms with Crippen LogP contribution in [0.2, 0.25) is 5.02 Å². The molecule has 0 aliphatic rings. The molecule has 0 bridgehead atoms. The second-order valence-electron chi connectivity index (χ2n) is 5.46.